The molecule has 0 spiro atoms. The highest BCUT2D eigenvalue weighted by atomic mass is 35.5. The Balaban J connectivity index is 0.00000441. The van der Waals surface area contributed by atoms with Crippen molar-refractivity contribution in [2.45, 2.75) is 70.8 Å². The highest BCUT2D eigenvalue weighted by Crippen LogP contribution is 2.25. The molecular formula is C16H32ClN3O2. The van der Waals surface area contributed by atoms with Crippen LogP contribution in [0.1, 0.15) is 65.2 Å². The van der Waals surface area contributed by atoms with Crippen LogP contribution >= 0.6 is 12.4 Å². The van der Waals surface area contributed by atoms with Crippen LogP contribution in [0.4, 0.5) is 0 Å². The Morgan fingerprint density at radius 1 is 1.09 bits per heavy atom. The van der Waals surface area contributed by atoms with Crippen molar-refractivity contribution in [3.63, 3.8) is 0 Å². The Bertz CT molecular complexity index is 332. The normalized spacial score (nSPS) is 15.8. The standard InChI is InChI=1S/C16H31N3O2.ClH/c1-3-16(4-2,12-17)19-15(21)11-18-14(20)10-13-8-6-5-7-9-13;/h13H,3-12,17H2,1-2H3,(H,18,20)(H,19,21);1H. The number of rotatable bonds is 8. The predicted octanol–water partition coefficient (Wildman–Crippen LogP) is 2.13. The van der Waals surface area contributed by atoms with E-state index in [-0.39, 0.29) is 36.3 Å². The lowest BCUT2D eigenvalue weighted by Gasteiger charge is -2.31. The van der Waals surface area contributed by atoms with Crippen molar-refractivity contribution in [3.8, 4) is 0 Å². The van der Waals surface area contributed by atoms with Gasteiger partial charge in [0.2, 0.25) is 11.8 Å². The fourth-order valence-electron chi connectivity index (χ4n) is 3.01. The molecule has 130 valence electrons. The second-order valence-electron chi connectivity index (χ2n) is 6.22. The number of carbonyl (C=O) groups excluding carboxylic acids is 2. The summed E-state index contributed by atoms with van der Waals surface area (Å²) in [6.07, 6.45) is 8.16. The van der Waals surface area contributed by atoms with E-state index in [0.29, 0.717) is 18.9 Å². The highest BCUT2D eigenvalue weighted by Gasteiger charge is 2.26. The molecule has 1 rings (SSSR count). The lowest BCUT2D eigenvalue weighted by molar-refractivity contribution is -0.127. The molecule has 5 nitrogen and oxygen atoms in total. The van der Waals surface area contributed by atoms with E-state index in [2.05, 4.69) is 10.6 Å². The summed E-state index contributed by atoms with van der Waals surface area (Å²) < 4.78 is 0. The van der Waals surface area contributed by atoms with Crippen molar-refractivity contribution in [1.29, 1.82) is 0 Å². The van der Waals surface area contributed by atoms with E-state index in [4.69, 9.17) is 5.73 Å². The summed E-state index contributed by atoms with van der Waals surface area (Å²) in [4.78, 5) is 23.8. The Morgan fingerprint density at radius 2 is 1.68 bits per heavy atom. The highest BCUT2D eigenvalue weighted by molar-refractivity contribution is 5.85. The first-order valence-corrected chi connectivity index (χ1v) is 8.33. The van der Waals surface area contributed by atoms with Gasteiger partial charge >= 0.3 is 0 Å². The minimum absolute atomic E-state index is 0. The van der Waals surface area contributed by atoms with Gasteiger partial charge in [-0.15, -0.1) is 12.4 Å². The number of amides is 2. The summed E-state index contributed by atoms with van der Waals surface area (Å²) in [6.45, 7) is 4.49. The molecule has 1 fully saturated rings. The molecule has 0 aromatic rings. The van der Waals surface area contributed by atoms with Gasteiger partial charge in [0.05, 0.1) is 12.1 Å². The minimum Gasteiger partial charge on any atom is -0.348 e. The molecule has 1 aliphatic rings. The Labute approximate surface area is 140 Å². The maximum Gasteiger partial charge on any atom is 0.239 e. The van der Waals surface area contributed by atoms with E-state index in [1.54, 1.807) is 0 Å². The molecule has 4 N–H and O–H groups in total. The molecular weight excluding hydrogens is 302 g/mol. The van der Waals surface area contributed by atoms with Gasteiger partial charge in [0.25, 0.3) is 0 Å². The first-order valence-electron chi connectivity index (χ1n) is 8.33. The quantitative estimate of drug-likeness (QED) is 0.636. The van der Waals surface area contributed by atoms with Crippen molar-refractivity contribution in [3.05, 3.63) is 0 Å². The first kappa shape index (κ1) is 21.2. The van der Waals surface area contributed by atoms with Crippen LogP contribution < -0.4 is 16.4 Å². The van der Waals surface area contributed by atoms with Gasteiger partial charge in [-0.05, 0) is 31.6 Å². The van der Waals surface area contributed by atoms with Crippen LogP contribution in [0.25, 0.3) is 0 Å². The third-order valence-corrected chi connectivity index (χ3v) is 4.79. The number of nitrogens with two attached hydrogens (primary N) is 1. The van der Waals surface area contributed by atoms with Crippen LogP contribution in [0.5, 0.6) is 0 Å². The average Bonchev–Trinajstić information content (AvgIpc) is 2.52. The third kappa shape index (κ3) is 6.97. The maximum absolute atomic E-state index is 12.0. The molecule has 0 aromatic heterocycles. The summed E-state index contributed by atoms with van der Waals surface area (Å²) >= 11 is 0. The summed E-state index contributed by atoms with van der Waals surface area (Å²) in [5.41, 5.74) is 5.41. The first-order chi connectivity index (χ1) is 10.0. The molecule has 0 radical (unpaired) electrons. The smallest absolute Gasteiger partial charge is 0.239 e. The van der Waals surface area contributed by atoms with Crippen molar-refractivity contribution in [1.82, 2.24) is 10.6 Å². The van der Waals surface area contributed by atoms with Gasteiger partial charge in [-0.25, -0.2) is 0 Å². The predicted molar refractivity (Wildman–Crippen MR) is 92.0 cm³/mol. The fraction of sp³-hybridized carbons (Fsp3) is 0.875. The molecule has 1 saturated carbocycles. The molecule has 0 saturated heterocycles. The number of hydrogen-bond donors (Lipinski definition) is 3. The van der Waals surface area contributed by atoms with Gasteiger partial charge < -0.3 is 16.4 Å². The second kappa shape index (κ2) is 10.8. The molecule has 0 bridgehead atoms. The van der Waals surface area contributed by atoms with Gasteiger partial charge in [-0.3, -0.25) is 9.59 Å². The van der Waals surface area contributed by atoms with Crippen LogP contribution in [0.2, 0.25) is 0 Å². The molecule has 0 aliphatic heterocycles. The third-order valence-electron chi connectivity index (χ3n) is 4.79. The zero-order chi connectivity index (χ0) is 15.7. The minimum atomic E-state index is -0.342. The average molecular weight is 334 g/mol. The molecule has 0 unspecified atom stereocenters. The zero-order valence-electron chi connectivity index (χ0n) is 14.0. The lowest BCUT2D eigenvalue weighted by Crippen LogP contribution is -2.55. The van der Waals surface area contributed by atoms with Gasteiger partial charge in [0.15, 0.2) is 0 Å². The summed E-state index contributed by atoms with van der Waals surface area (Å²) in [5.74, 6) is 0.334. The van der Waals surface area contributed by atoms with Crippen molar-refractivity contribution < 1.29 is 9.59 Å². The molecule has 0 heterocycles. The van der Waals surface area contributed by atoms with Crippen LogP contribution in [-0.2, 0) is 9.59 Å². The Hall–Kier alpha value is -0.810. The number of hydrogen-bond acceptors (Lipinski definition) is 3. The Morgan fingerprint density at radius 3 is 2.18 bits per heavy atom. The molecule has 0 atom stereocenters. The van der Waals surface area contributed by atoms with E-state index in [1.165, 1.54) is 19.3 Å². The van der Waals surface area contributed by atoms with Crippen molar-refractivity contribution in [2.75, 3.05) is 13.1 Å². The topological polar surface area (TPSA) is 84.2 Å². The molecule has 1 aliphatic carbocycles. The van der Waals surface area contributed by atoms with Crippen LogP contribution in [0.3, 0.4) is 0 Å². The van der Waals surface area contributed by atoms with Gasteiger partial charge in [-0.2, -0.15) is 0 Å². The summed E-state index contributed by atoms with van der Waals surface area (Å²) in [7, 11) is 0. The van der Waals surface area contributed by atoms with E-state index >= 15 is 0 Å². The summed E-state index contributed by atoms with van der Waals surface area (Å²) in [5, 5.41) is 5.69. The number of carbonyl (C=O) groups is 2. The van der Waals surface area contributed by atoms with E-state index in [0.717, 1.165) is 25.7 Å². The molecule has 0 aromatic carbocycles. The van der Waals surface area contributed by atoms with Crippen LogP contribution in [0.15, 0.2) is 0 Å². The second-order valence-corrected chi connectivity index (χ2v) is 6.22. The molecule has 22 heavy (non-hydrogen) atoms. The number of nitrogens with one attached hydrogen (secondary N) is 2. The number of halogens is 1. The molecule has 6 heteroatoms. The van der Waals surface area contributed by atoms with Crippen LogP contribution in [0, 0.1) is 5.92 Å². The van der Waals surface area contributed by atoms with Gasteiger partial charge in [0.1, 0.15) is 0 Å². The maximum atomic E-state index is 12.0. The van der Waals surface area contributed by atoms with Gasteiger partial charge in [-0.1, -0.05) is 33.1 Å². The zero-order valence-corrected chi connectivity index (χ0v) is 14.8. The summed E-state index contributed by atoms with van der Waals surface area (Å²) in [6, 6.07) is 0. The SMILES string of the molecule is CCC(CC)(CN)NC(=O)CNC(=O)CC1CCCCC1.Cl. The van der Waals surface area contributed by atoms with E-state index in [9.17, 15) is 9.59 Å². The van der Waals surface area contributed by atoms with Crippen molar-refractivity contribution >= 4 is 24.2 Å². The van der Waals surface area contributed by atoms with E-state index < -0.39 is 0 Å². The Kier molecular flexibility index (Phi) is 10.4. The molecule has 2 amide bonds. The van der Waals surface area contributed by atoms with Gasteiger partial charge in [0, 0.05) is 13.0 Å². The van der Waals surface area contributed by atoms with E-state index in [1.807, 2.05) is 13.8 Å². The lowest BCUT2D eigenvalue weighted by atomic mass is 9.87. The van der Waals surface area contributed by atoms with Crippen molar-refractivity contribution in [2.24, 2.45) is 11.7 Å². The monoisotopic (exact) mass is 333 g/mol. The van der Waals surface area contributed by atoms with Crippen LogP contribution in [-0.4, -0.2) is 30.4 Å². The largest absolute Gasteiger partial charge is 0.348 e. The fourth-order valence-corrected chi connectivity index (χ4v) is 3.01.